The van der Waals surface area contributed by atoms with Crippen LogP contribution < -0.4 is 15.2 Å². The van der Waals surface area contributed by atoms with Gasteiger partial charge in [-0.25, -0.2) is 0 Å². The molecule has 0 spiro atoms. The molecule has 2 N–H and O–H groups in total. The van der Waals surface area contributed by atoms with Crippen molar-refractivity contribution in [3.05, 3.63) is 124 Å². The predicted octanol–water partition coefficient (Wildman–Crippen LogP) is 8.51. The number of Topliss-reactive ketones (excluding diaryl/α,β-unsaturated/α-hetero) is 1. The Bertz CT molecular complexity index is 1840. The lowest BCUT2D eigenvalue weighted by molar-refractivity contribution is -0.186. The summed E-state index contributed by atoms with van der Waals surface area (Å²) in [6, 6.07) is 29.1. The minimum absolute atomic E-state index is 0.271. The second-order valence-electron chi connectivity index (χ2n) is 9.71. The highest BCUT2D eigenvalue weighted by Gasteiger charge is 2.43. The van der Waals surface area contributed by atoms with Gasteiger partial charge in [0.2, 0.25) is 0 Å². The third kappa shape index (κ3) is 5.44. The maximum absolute atomic E-state index is 14.2. The number of nitrogens with zero attached hydrogens (tertiary/aromatic N) is 1. The lowest BCUT2D eigenvalue weighted by Gasteiger charge is -2.40. The van der Waals surface area contributed by atoms with Crippen LogP contribution in [0.3, 0.4) is 0 Å². The zero-order chi connectivity index (χ0) is 29.3. The van der Waals surface area contributed by atoms with Gasteiger partial charge < -0.3 is 15.2 Å². The van der Waals surface area contributed by atoms with E-state index in [2.05, 4.69) is 0 Å². The number of nitrogen functional groups attached to an aromatic ring is 1. The number of hydrogen-bond acceptors (Lipinski definition) is 7. The molecule has 0 unspecified atom stereocenters. The fourth-order valence-electron chi connectivity index (χ4n) is 4.69. The average molecular weight is 613 g/mol. The van der Waals surface area contributed by atoms with Crippen molar-refractivity contribution in [2.24, 2.45) is 0 Å². The van der Waals surface area contributed by atoms with Crippen LogP contribution in [-0.4, -0.2) is 29.0 Å². The molecular weight excluding hydrogens is 588 g/mol. The number of carbonyl (C=O) groups is 2. The number of fused-ring (bicyclic) bond motifs is 2. The van der Waals surface area contributed by atoms with Crippen LogP contribution in [0.5, 0.6) is 11.5 Å². The Morgan fingerprint density at radius 1 is 0.786 bits per heavy atom. The van der Waals surface area contributed by atoms with Gasteiger partial charge in [-0.2, -0.15) is 0 Å². The third-order valence-corrected chi connectivity index (χ3v) is 9.09. The van der Waals surface area contributed by atoms with Gasteiger partial charge in [-0.05, 0) is 54.6 Å². The standard InChI is InChI=1S/C33H25ClN2O4S2/c1-33(39-28-19-41-30-13-7-5-11-23(28)30,40-29-20-42-31-14-8-6-12-24(29)31)36(32(38)21-9-3-2-4-10-21)18-27(37)22-15-16-25(34)26(35)17-22/h2-17,19-20H,18,35H2,1H3. The Kier molecular flexibility index (Phi) is 7.60. The highest BCUT2D eigenvalue weighted by atomic mass is 35.5. The Balaban J connectivity index is 1.48. The average Bonchev–Trinajstić information content (AvgIpc) is 3.61. The number of ketones is 1. The summed E-state index contributed by atoms with van der Waals surface area (Å²) in [5.41, 5.74) is 6.96. The molecule has 0 bridgehead atoms. The SMILES string of the molecule is CC(Oc1csc2ccccc12)(Oc1csc2ccccc12)N(CC(=O)c1ccc(Cl)c(N)c1)C(=O)c1ccccc1. The second kappa shape index (κ2) is 11.5. The van der Waals surface area contributed by atoms with Crippen molar-refractivity contribution >= 4 is 71.8 Å². The minimum Gasteiger partial charge on any atom is -0.434 e. The van der Waals surface area contributed by atoms with Crippen molar-refractivity contribution < 1.29 is 19.1 Å². The van der Waals surface area contributed by atoms with Gasteiger partial charge >= 0.3 is 5.91 Å². The van der Waals surface area contributed by atoms with Gasteiger partial charge in [0.15, 0.2) is 5.78 Å². The first-order valence-electron chi connectivity index (χ1n) is 13.1. The molecule has 210 valence electrons. The maximum atomic E-state index is 14.2. The highest BCUT2D eigenvalue weighted by Crippen LogP contribution is 2.39. The second-order valence-corrected chi connectivity index (χ2v) is 11.9. The zero-order valence-corrected chi connectivity index (χ0v) is 24.8. The molecule has 0 radical (unpaired) electrons. The van der Waals surface area contributed by atoms with Crippen LogP contribution in [0.15, 0.2) is 108 Å². The lowest BCUT2D eigenvalue weighted by Crippen LogP contribution is -2.59. The van der Waals surface area contributed by atoms with Gasteiger partial charge in [0.05, 0.1) is 17.3 Å². The molecule has 6 aromatic rings. The van der Waals surface area contributed by atoms with Crippen LogP contribution in [-0.2, 0) is 0 Å². The molecule has 2 heterocycles. The summed E-state index contributed by atoms with van der Waals surface area (Å²) in [4.78, 5) is 29.3. The van der Waals surface area contributed by atoms with Crippen LogP contribution in [0.4, 0.5) is 5.69 Å². The van der Waals surface area contributed by atoms with E-state index in [0.717, 1.165) is 20.2 Å². The molecule has 0 saturated carbocycles. The van der Waals surface area contributed by atoms with Crippen LogP contribution in [0, 0.1) is 0 Å². The van der Waals surface area contributed by atoms with E-state index in [9.17, 15) is 9.59 Å². The summed E-state index contributed by atoms with van der Waals surface area (Å²) < 4.78 is 15.4. The quantitative estimate of drug-likeness (QED) is 0.101. The molecule has 4 aromatic carbocycles. The molecule has 1 amide bonds. The molecule has 0 aliphatic rings. The molecule has 6 rings (SSSR count). The smallest absolute Gasteiger partial charge is 0.338 e. The van der Waals surface area contributed by atoms with E-state index < -0.39 is 11.8 Å². The summed E-state index contributed by atoms with van der Waals surface area (Å²) >= 11 is 9.15. The number of carbonyl (C=O) groups excluding carboxylic acids is 2. The Morgan fingerprint density at radius 3 is 1.90 bits per heavy atom. The van der Waals surface area contributed by atoms with Crippen molar-refractivity contribution in [3.8, 4) is 11.5 Å². The number of amides is 1. The Hall–Kier alpha value is -4.37. The molecule has 6 nitrogen and oxygen atoms in total. The molecule has 0 aliphatic heterocycles. The molecule has 0 saturated heterocycles. The fourth-order valence-corrected chi connectivity index (χ4v) is 6.53. The molecule has 0 aliphatic carbocycles. The monoisotopic (exact) mass is 612 g/mol. The Labute approximate surface area is 255 Å². The number of anilines is 1. The molecule has 9 heteroatoms. The van der Waals surface area contributed by atoms with Gasteiger partial charge in [-0.15, -0.1) is 22.7 Å². The number of benzene rings is 4. The number of thiophene rings is 2. The topological polar surface area (TPSA) is 81.9 Å². The van der Waals surface area contributed by atoms with Crippen molar-refractivity contribution in [1.82, 2.24) is 4.90 Å². The van der Waals surface area contributed by atoms with Crippen molar-refractivity contribution in [2.45, 2.75) is 12.8 Å². The number of hydrogen-bond donors (Lipinski definition) is 1. The molecule has 0 atom stereocenters. The highest BCUT2D eigenvalue weighted by molar-refractivity contribution is 7.17. The van der Waals surface area contributed by atoms with E-state index in [1.165, 1.54) is 33.6 Å². The fraction of sp³-hybridized carbons (Fsp3) is 0.0909. The first kappa shape index (κ1) is 27.8. The summed E-state index contributed by atoms with van der Waals surface area (Å²) in [5.74, 6) is -1.47. The number of ether oxygens (including phenoxy) is 2. The van der Waals surface area contributed by atoms with E-state index in [0.29, 0.717) is 27.6 Å². The number of halogens is 1. The summed E-state index contributed by atoms with van der Waals surface area (Å²) in [6.45, 7) is 1.31. The summed E-state index contributed by atoms with van der Waals surface area (Å²) in [6.07, 6.45) is 0. The van der Waals surface area contributed by atoms with Crippen molar-refractivity contribution in [1.29, 1.82) is 0 Å². The van der Waals surface area contributed by atoms with E-state index in [1.54, 1.807) is 43.3 Å². The van der Waals surface area contributed by atoms with Crippen LogP contribution >= 0.6 is 34.3 Å². The largest absolute Gasteiger partial charge is 0.434 e. The Morgan fingerprint density at radius 2 is 1.33 bits per heavy atom. The van der Waals surface area contributed by atoms with E-state index >= 15 is 0 Å². The van der Waals surface area contributed by atoms with Gasteiger partial charge in [-0.3, -0.25) is 14.5 Å². The van der Waals surface area contributed by atoms with E-state index in [4.69, 9.17) is 26.8 Å². The van der Waals surface area contributed by atoms with Crippen LogP contribution in [0.2, 0.25) is 5.02 Å². The van der Waals surface area contributed by atoms with E-state index in [-0.39, 0.29) is 18.0 Å². The van der Waals surface area contributed by atoms with Crippen LogP contribution in [0.1, 0.15) is 27.6 Å². The summed E-state index contributed by atoms with van der Waals surface area (Å²) in [5, 5.41) is 5.84. The zero-order valence-electron chi connectivity index (χ0n) is 22.5. The molecular formula is C33H25ClN2O4S2. The lowest BCUT2D eigenvalue weighted by atomic mass is 10.1. The molecule has 42 heavy (non-hydrogen) atoms. The normalized spacial score (nSPS) is 11.5. The van der Waals surface area contributed by atoms with Gasteiger partial charge in [0.25, 0.3) is 5.91 Å². The molecule has 2 aromatic heterocycles. The molecule has 0 fully saturated rings. The third-order valence-electron chi connectivity index (χ3n) is 6.87. The maximum Gasteiger partial charge on any atom is 0.338 e. The van der Waals surface area contributed by atoms with Crippen molar-refractivity contribution in [3.63, 3.8) is 0 Å². The predicted molar refractivity (Wildman–Crippen MR) is 171 cm³/mol. The van der Waals surface area contributed by atoms with Gasteiger partial charge in [0.1, 0.15) is 11.5 Å². The number of rotatable bonds is 9. The van der Waals surface area contributed by atoms with Gasteiger partial charge in [-0.1, -0.05) is 54.1 Å². The number of nitrogens with two attached hydrogens (primary N) is 1. The first-order chi connectivity index (χ1) is 20.3. The van der Waals surface area contributed by atoms with Crippen LogP contribution in [0.25, 0.3) is 20.2 Å². The summed E-state index contributed by atoms with van der Waals surface area (Å²) in [7, 11) is 0. The van der Waals surface area contributed by atoms with Gasteiger partial charge in [0, 0.05) is 49.0 Å². The minimum atomic E-state index is -1.74. The van der Waals surface area contributed by atoms with E-state index in [1.807, 2.05) is 65.4 Å². The van der Waals surface area contributed by atoms with Crippen molar-refractivity contribution in [2.75, 3.05) is 12.3 Å². The first-order valence-corrected chi connectivity index (χ1v) is 15.2.